The third kappa shape index (κ3) is 36.4. The zero-order valence-corrected chi connectivity index (χ0v) is 29.7. The Kier molecular flexibility index (Phi) is 37.0. The molecule has 0 N–H and O–H groups in total. The van der Waals surface area contributed by atoms with E-state index in [0.29, 0.717) is 24.3 Å². The summed E-state index contributed by atoms with van der Waals surface area (Å²) in [6.07, 6.45) is 16.3. The molecule has 0 aromatic carbocycles. The summed E-state index contributed by atoms with van der Waals surface area (Å²) in [4.78, 5) is 21.1. The van der Waals surface area contributed by atoms with E-state index in [2.05, 4.69) is 66.8 Å². The summed E-state index contributed by atoms with van der Waals surface area (Å²) in [5.41, 5.74) is 0. The van der Waals surface area contributed by atoms with Gasteiger partial charge in [0, 0.05) is 23.8 Å². The van der Waals surface area contributed by atoms with E-state index in [-0.39, 0.29) is 33.0 Å². The molecule has 0 spiro atoms. The molecule has 0 fully saturated rings. The summed E-state index contributed by atoms with van der Waals surface area (Å²) < 4.78 is 3.25. The number of unbranched alkanes of at least 4 members (excludes halogenated alkanes) is 6. The molecule has 0 aromatic rings. The molecule has 0 aliphatic rings. The van der Waals surface area contributed by atoms with Crippen LogP contribution in [-0.2, 0) is 9.59 Å². The van der Waals surface area contributed by atoms with Crippen molar-refractivity contribution in [3.8, 4) is 0 Å². The molecular weight excluding hydrogens is 607 g/mol. The van der Waals surface area contributed by atoms with Crippen LogP contribution in [0.3, 0.4) is 0 Å². The average molecular weight is 668 g/mol. The van der Waals surface area contributed by atoms with Gasteiger partial charge >= 0.3 is 69.5 Å². The van der Waals surface area contributed by atoms with Gasteiger partial charge in [0.25, 0.3) is 0 Å². The Morgan fingerprint density at radius 3 is 1.16 bits per heavy atom. The summed E-state index contributed by atoms with van der Waals surface area (Å²) >= 11 is 8.13. The van der Waals surface area contributed by atoms with E-state index >= 15 is 0 Å². The summed E-state index contributed by atoms with van der Waals surface area (Å²) in [7, 11) is 0. The second-order valence-corrected chi connectivity index (χ2v) is 15.9. The molecule has 0 heterocycles. The Balaban J connectivity index is -0.000000481. The third-order valence-corrected chi connectivity index (χ3v) is 11.1. The van der Waals surface area contributed by atoms with Crippen molar-refractivity contribution in [3.63, 3.8) is 0 Å². The molecule has 0 bridgehead atoms. The minimum atomic E-state index is -0.955. The third-order valence-electron chi connectivity index (χ3n) is 6.19. The van der Waals surface area contributed by atoms with Crippen LogP contribution < -0.4 is 10.2 Å². The van der Waals surface area contributed by atoms with Gasteiger partial charge in [0.1, 0.15) is 0 Å². The van der Waals surface area contributed by atoms with Gasteiger partial charge in [0.2, 0.25) is 0 Å². The van der Waals surface area contributed by atoms with E-state index in [9.17, 15) is 19.8 Å². The average Bonchev–Trinajstić information content (AvgIpc) is 2.83. The van der Waals surface area contributed by atoms with Gasteiger partial charge in [-0.25, -0.2) is 0 Å². The minimum absolute atomic E-state index is 0.149. The van der Waals surface area contributed by atoms with Gasteiger partial charge in [0.05, 0.1) is 0 Å². The van der Waals surface area contributed by atoms with Crippen LogP contribution in [0.15, 0.2) is 0 Å². The summed E-state index contributed by atoms with van der Waals surface area (Å²) in [5.74, 6) is -0.352. The maximum absolute atomic E-state index is 10.5. The number of carboxylic acid groups (broad SMARTS) is 2. The van der Waals surface area contributed by atoms with Gasteiger partial charge in [-0.15, -0.1) is 0 Å². The van der Waals surface area contributed by atoms with E-state index < -0.39 is 11.9 Å². The molecule has 4 nitrogen and oxygen atoms in total. The standard InChI is InChI=1S/2C11H22O2S.2C4H9.Sn/c2*1-9(2)6-4-3-5-7-10(8-14)11(12)13;2*1-3-4-2;/h2*9-10,14H,3-8H2,1-2H3,(H,12,13);2*1,3-4H2,2H3;/q;;;;+2/p-2. The topological polar surface area (TPSA) is 80.3 Å². The number of rotatable bonds is 22. The van der Waals surface area contributed by atoms with Crippen LogP contribution in [0.5, 0.6) is 0 Å². The van der Waals surface area contributed by atoms with Gasteiger partial charge in [0.15, 0.2) is 0 Å². The Labute approximate surface area is 252 Å². The van der Waals surface area contributed by atoms with Crippen molar-refractivity contribution in [2.45, 2.75) is 140 Å². The van der Waals surface area contributed by atoms with Crippen molar-refractivity contribution in [1.29, 1.82) is 0 Å². The molecule has 37 heavy (non-hydrogen) atoms. The number of carbonyl (C=O) groups excluding carboxylic acids is 2. The first-order valence-electron chi connectivity index (χ1n) is 14.9. The molecule has 0 saturated carbocycles. The Hall–Kier alpha value is 0.439. The summed E-state index contributed by atoms with van der Waals surface area (Å²) in [6.45, 7) is 13.4. The zero-order chi connectivity index (χ0) is 28.9. The molecular formula is C30H60O4S2Sn. The second-order valence-electron chi connectivity index (χ2n) is 10.9. The fourth-order valence-corrected chi connectivity index (χ4v) is 8.36. The first kappa shape index (κ1) is 41.9. The number of thiol groups is 2. The number of aliphatic carboxylic acids is 2. The van der Waals surface area contributed by atoms with E-state index in [1.807, 2.05) is 0 Å². The monoisotopic (exact) mass is 668 g/mol. The van der Waals surface area contributed by atoms with Crippen molar-refractivity contribution in [1.82, 2.24) is 0 Å². The van der Waals surface area contributed by atoms with Gasteiger partial charge in [-0.1, -0.05) is 79.1 Å². The summed E-state index contributed by atoms with van der Waals surface area (Å²) in [6, 6.07) is 0. The van der Waals surface area contributed by atoms with E-state index in [0.717, 1.165) is 37.5 Å². The molecule has 7 heteroatoms. The van der Waals surface area contributed by atoms with Crippen molar-refractivity contribution < 1.29 is 19.8 Å². The van der Waals surface area contributed by atoms with Gasteiger partial charge in [-0.05, 0) is 36.2 Å². The first-order chi connectivity index (χ1) is 17.6. The van der Waals surface area contributed by atoms with Crippen LogP contribution >= 0.6 is 25.3 Å². The van der Waals surface area contributed by atoms with Crippen LogP contribution in [0.1, 0.15) is 131 Å². The molecule has 0 aromatic heterocycles. The molecule has 0 rings (SSSR count). The summed E-state index contributed by atoms with van der Waals surface area (Å²) in [5, 5.41) is 21.1. The van der Waals surface area contributed by atoms with Crippen molar-refractivity contribution >= 4 is 58.3 Å². The normalized spacial score (nSPS) is 12.2. The van der Waals surface area contributed by atoms with Crippen molar-refractivity contribution in [2.24, 2.45) is 23.7 Å². The van der Waals surface area contributed by atoms with E-state index in [1.165, 1.54) is 51.4 Å². The SMILES string of the molecule is CC(C)CCCCCC(CS)C(=O)[O-].CC(C)CCCCCC(CS)C(=O)[O-].CCC[CH2][Sn+2][CH2]CCC. The Morgan fingerprint density at radius 2 is 0.919 bits per heavy atom. The molecule has 0 saturated heterocycles. The van der Waals surface area contributed by atoms with Gasteiger partial charge in [-0.3, -0.25) is 0 Å². The van der Waals surface area contributed by atoms with Crippen molar-refractivity contribution in [2.75, 3.05) is 11.5 Å². The number of hydrogen-bond donors (Lipinski definition) is 2. The van der Waals surface area contributed by atoms with Crippen LogP contribution in [0.2, 0.25) is 8.87 Å². The van der Waals surface area contributed by atoms with Crippen molar-refractivity contribution in [3.05, 3.63) is 0 Å². The number of hydrogen-bond acceptors (Lipinski definition) is 6. The maximum atomic E-state index is 10.5. The van der Waals surface area contributed by atoms with E-state index in [4.69, 9.17) is 0 Å². The molecule has 0 aliphatic carbocycles. The second kappa shape index (κ2) is 32.6. The zero-order valence-electron chi connectivity index (χ0n) is 25.1. The van der Waals surface area contributed by atoms with E-state index in [1.54, 1.807) is 8.87 Å². The Bertz CT molecular complexity index is 448. The fraction of sp³-hybridized carbons (Fsp3) is 0.933. The van der Waals surface area contributed by atoms with Crippen LogP contribution in [0.4, 0.5) is 0 Å². The van der Waals surface area contributed by atoms with Crippen LogP contribution in [0, 0.1) is 23.7 Å². The number of carbonyl (C=O) groups is 2. The molecule has 2 unspecified atom stereocenters. The Morgan fingerprint density at radius 1 is 0.595 bits per heavy atom. The molecule has 0 amide bonds. The molecule has 0 radical (unpaired) electrons. The predicted molar refractivity (Wildman–Crippen MR) is 166 cm³/mol. The molecule has 220 valence electrons. The fourth-order valence-electron chi connectivity index (χ4n) is 3.54. The quantitative estimate of drug-likeness (QED) is 0.0748. The predicted octanol–water partition coefficient (Wildman–Crippen LogP) is 6.91. The first-order valence-corrected chi connectivity index (χ1v) is 20.2. The van der Waals surface area contributed by atoms with Gasteiger partial charge < -0.3 is 19.8 Å². The number of carboxylic acids is 2. The van der Waals surface area contributed by atoms with Crippen LogP contribution in [0.25, 0.3) is 0 Å². The molecule has 0 aliphatic heterocycles. The van der Waals surface area contributed by atoms with Gasteiger partial charge in [-0.2, -0.15) is 25.3 Å². The van der Waals surface area contributed by atoms with Crippen LogP contribution in [-0.4, -0.2) is 44.6 Å². The molecule has 2 atom stereocenters.